The van der Waals surface area contributed by atoms with Crippen molar-refractivity contribution in [1.29, 1.82) is 0 Å². The first kappa shape index (κ1) is 19.9. The molecule has 2 atom stereocenters. The number of carbonyl (C=O) groups is 2. The molecule has 0 saturated carbocycles. The van der Waals surface area contributed by atoms with Gasteiger partial charge in [0.05, 0.1) is 18.9 Å². The summed E-state index contributed by atoms with van der Waals surface area (Å²) in [5, 5.41) is 2.54. The molecule has 0 aromatic carbocycles. The van der Waals surface area contributed by atoms with E-state index in [4.69, 9.17) is 9.47 Å². The fourth-order valence-corrected chi connectivity index (χ4v) is 2.56. The minimum absolute atomic E-state index is 0.0747. The van der Waals surface area contributed by atoms with Gasteiger partial charge in [-0.2, -0.15) is 0 Å². The van der Waals surface area contributed by atoms with E-state index in [-0.39, 0.29) is 18.0 Å². The van der Waals surface area contributed by atoms with E-state index in [1.165, 1.54) is 0 Å². The molecule has 144 valence electrons. The molecule has 1 N–H and O–H groups in total. The van der Waals surface area contributed by atoms with Gasteiger partial charge in [-0.3, -0.25) is 4.79 Å². The first-order valence-corrected chi connectivity index (χ1v) is 8.56. The minimum atomic E-state index is -0.717. The molecule has 2 rings (SSSR count). The molecule has 26 heavy (non-hydrogen) atoms. The summed E-state index contributed by atoms with van der Waals surface area (Å²) in [6.07, 6.45) is 2.62. The number of alkyl carbamates (subject to hydrolysis) is 1. The Kier molecular flexibility index (Phi) is 6.33. The molecule has 2 amide bonds. The lowest BCUT2D eigenvalue weighted by molar-refractivity contribution is -0.135. The summed E-state index contributed by atoms with van der Waals surface area (Å²) in [4.78, 5) is 33.5. The number of hydrogen-bond acceptors (Lipinski definition) is 6. The number of likely N-dealkylation sites (tertiary alicyclic amines) is 1. The smallest absolute Gasteiger partial charge is 0.408 e. The van der Waals surface area contributed by atoms with Crippen molar-refractivity contribution in [3.8, 4) is 6.01 Å². The van der Waals surface area contributed by atoms with Crippen molar-refractivity contribution in [1.82, 2.24) is 20.2 Å². The molecule has 1 saturated heterocycles. The Morgan fingerprint density at radius 2 is 2.00 bits per heavy atom. The second kappa shape index (κ2) is 8.29. The monoisotopic (exact) mass is 368 g/mol. The molecule has 9 heteroatoms. The highest BCUT2D eigenvalue weighted by molar-refractivity contribution is 5.85. The third kappa shape index (κ3) is 6.12. The molecule has 2 heterocycles. The third-order valence-corrected chi connectivity index (χ3v) is 3.66. The van der Waals surface area contributed by atoms with Crippen LogP contribution in [0.25, 0.3) is 0 Å². The Morgan fingerprint density at radius 3 is 2.62 bits per heavy atom. The fraction of sp³-hybridized carbons (Fsp3) is 0.647. The fourth-order valence-electron chi connectivity index (χ4n) is 2.56. The Balaban J connectivity index is 1.88. The SMILES string of the molecule is CC(NC(=O)OC(C)(C)C)C(=O)N1CCCC(Oc2ncc(F)cn2)C1. The molecule has 1 aliphatic rings. The Bertz CT molecular complexity index is 633. The molecule has 0 bridgehead atoms. The number of aromatic nitrogens is 2. The van der Waals surface area contributed by atoms with Crippen LogP contribution in [0.3, 0.4) is 0 Å². The number of ether oxygens (including phenoxy) is 2. The molecule has 1 aliphatic heterocycles. The number of rotatable bonds is 4. The van der Waals surface area contributed by atoms with Crippen molar-refractivity contribution < 1.29 is 23.5 Å². The normalized spacial score (nSPS) is 18.8. The van der Waals surface area contributed by atoms with Crippen molar-refractivity contribution in [2.45, 2.75) is 58.3 Å². The summed E-state index contributed by atoms with van der Waals surface area (Å²) >= 11 is 0. The third-order valence-electron chi connectivity index (χ3n) is 3.66. The molecule has 1 fully saturated rings. The van der Waals surface area contributed by atoms with Gasteiger partial charge in [-0.15, -0.1) is 0 Å². The van der Waals surface area contributed by atoms with Crippen molar-refractivity contribution in [2.24, 2.45) is 0 Å². The van der Waals surface area contributed by atoms with Crippen LogP contribution in [0.2, 0.25) is 0 Å². The summed E-state index contributed by atoms with van der Waals surface area (Å²) < 4.78 is 23.6. The van der Waals surface area contributed by atoms with Crippen molar-refractivity contribution in [3.05, 3.63) is 18.2 Å². The number of carbonyl (C=O) groups excluding carboxylic acids is 2. The summed E-state index contributed by atoms with van der Waals surface area (Å²) in [6, 6.07) is -0.642. The van der Waals surface area contributed by atoms with Gasteiger partial charge in [-0.1, -0.05) is 0 Å². The molecule has 0 radical (unpaired) electrons. The average molecular weight is 368 g/mol. The zero-order valence-electron chi connectivity index (χ0n) is 15.5. The van der Waals surface area contributed by atoms with Gasteiger partial charge in [-0.05, 0) is 40.5 Å². The van der Waals surface area contributed by atoms with Gasteiger partial charge in [-0.25, -0.2) is 19.2 Å². The van der Waals surface area contributed by atoms with Gasteiger partial charge in [0.1, 0.15) is 17.7 Å². The minimum Gasteiger partial charge on any atom is -0.458 e. The number of hydrogen-bond donors (Lipinski definition) is 1. The van der Waals surface area contributed by atoms with Crippen molar-refractivity contribution >= 4 is 12.0 Å². The predicted octanol–water partition coefficient (Wildman–Crippen LogP) is 1.90. The van der Waals surface area contributed by atoms with Gasteiger partial charge >= 0.3 is 12.1 Å². The zero-order chi connectivity index (χ0) is 19.3. The molecule has 0 aliphatic carbocycles. The average Bonchev–Trinajstić information content (AvgIpc) is 2.54. The number of halogens is 1. The van der Waals surface area contributed by atoms with Gasteiger partial charge in [0, 0.05) is 6.54 Å². The van der Waals surface area contributed by atoms with Crippen LogP contribution in [0.1, 0.15) is 40.5 Å². The highest BCUT2D eigenvalue weighted by Crippen LogP contribution is 2.16. The van der Waals surface area contributed by atoms with Crippen molar-refractivity contribution in [3.63, 3.8) is 0 Å². The lowest BCUT2D eigenvalue weighted by Crippen LogP contribution is -2.52. The van der Waals surface area contributed by atoms with E-state index in [0.29, 0.717) is 13.1 Å². The maximum absolute atomic E-state index is 12.9. The number of piperidine rings is 1. The molecular weight excluding hydrogens is 343 g/mol. The standard InChI is InChI=1S/C17H25FN4O4/c1-11(21-16(24)26-17(2,3)4)14(23)22-7-5-6-13(10-22)25-15-19-8-12(18)9-20-15/h8-9,11,13H,5-7,10H2,1-4H3,(H,21,24). The van der Waals surface area contributed by atoms with Crippen LogP contribution in [0.5, 0.6) is 6.01 Å². The van der Waals surface area contributed by atoms with Crippen LogP contribution in [0, 0.1) is 5.82 Å². The van der Waals surface area contributed by atoms with E-state index in [2.05, 4.69) is 15.3 Å². The van der Waals surface area contributed by atoms with Gasteiger partial charge < -0.3 is 19.7 Å². The summed E-state index contributed by atoms with van der Waals surface area (Å²) in [5.74, 6) is -0.760. The van der Waals surface area contributed by atoms with Gasteiger partial charge in [0.25, 0.3) is 0 Å². The van der Waals surface area contributed by atoms with E-state index >= 15 is 0 Å². The lowest BCUT2D eigenvalue weighted by Gasteiger charge is -2.34. The topological polar surface area (TPSA) is 93.7 Å². The van der Waals surface area contributed by atoms with Crippen LogP contribution < -0.4 is 10.1 Å². The largest absolute Gasteiger partial charge is 0.458 e. The number of nitrogens with one attached hydrogen (secondary N) is 1. The highest BCUT2D eigenvalue weighted by Gasteiger charge is 2.29. The second-order valence-corrected chi connectivity index (χ2v) is 7.22. The predicted molar refractivity (Wildman–Crippen MR) is 91.1 cm³/mol. The van der Waals surface area contributed by atoms with E-state index < -0.39 is 23.6 Å². The number of nitrogens with zero attached hydrogens (tertiary/aromatic N) is 3. The van der Waals surface area contributed by atoms with Crippen LogP contribution >= 0.6 is 0 Å². The van der Waals surface area contributed by atoms with Crippen molar-refractivity contribution in [2.75, 3.05) is 13.1 Å². The Hall–Kier alpha value is -2.45. The van der Waals surface area contributed by atoms with E-state index in [1.54, 1.807) is 32.6 Å². The molecule has 1 aromatic heterocycles. The van der Waals surface area contributed by atoms with Crippen LogP contribution in [0.4, 0.5) is 9.18 Å². The maximum atomic E-state index is 12.9. The summed E-state index contributed by atoms with van der Waals surface area (Å²) in [5.41, 5.74) is -0.633. The summed E-state index contributed by atoms with van der Waals surface area (Å²) in [6.45, 7) is 7.79. The first-order chi connectivity index (χ1) is 12.1. The zero-order valence-corrected chi connectivity index (χ0v) is 15.5. The van der Waals surface area contributed by atoms with E-state index in [0.717, 1.165) is 25.2 Å². The van der Waals surface area contributed by atoms with Crippen LogP contribution in [-0.2, 0) is 9.53 Å². The van der Waals surface area contributed by atoms with Gasteiger partial charge in [0.15, 0.2) is 5.82 Å². The van der Waals surface area contributed by atoms with E-state index in [1.807, 2.05) is 0 Å². The highest BCUT2D eigenvalue weighted by atomic mass is 19.1. The number of amides is 2. The van der Waals surface area contributed by atoms with Crippen LogP contribution in [0.15, 0.2) is 12.4 Å². The Labute approximate surface area is 152 Å². The second-order valence-electron chi connectivity index (χ2n) is 7.22. The van der Waals surface area contributed by atoms with Gasteiger partial charge in [0.2, 0.25) is 5.91 Å². The molecule has 1 aromatic rings. The molecular formula is C17H25FN4O4. The lowest BCUT2D eigenvalue weighted by atomic mass is 10.1. The molecule has 8 nitrogen and oxygen atoms in total. The Morgan fingerprint density at radius 1 is 1.35 bits per heavy atom. The first-order valence-electron chi connectivity index (χ1n) is 8.56. The molecule has 0 spiro atoms. The summed E-state index contributed by atoms with van der Waals surface area (Å²) in [7, 11) is 0. The molecule has 2 unspecified atom stereocenters. The quantitative estimate of drug-likeness (QED) is 0.872. The maximum Gasteiger partial charge on any atom is 0.408 e. The van der Waals surface area contributed by atoms with E-state index in [9.17, 15) is 14.0 Å². The van der Waals surface area contributed by atoms with Crippen LogP contribution in [-0.4, -0.2) is 57.7 Å².